The molecule has 3 aromatic carbocycles. The lowest BCUT2D eigenvalue weighted by Crippen LogP contribution is -2.28. The summed E-state index contributed by atoms with van der Waals surface area (Å²) in [5.74, 6) is 0.310. The molecule has 0 bridgehead atoms. The first-order valence-corrected chi connectivity index (χ1v) is 16.5. The van der Waals surface area contributed by atoms with Gasteiger partial charge in [-0.05, 0) is 96.5 Å². The lowest BCUT2D eigenvalue weighted by Gasteiger charge is -2.33. The van der Waals surface area contributed by atoms with Gasteiger partial charge in [0.2, 0.25) is 0 Å². The number of benzene rings is 3. The van der Waals surface area contributed by atoms with Crippen LogP contribution in [0.25, 0.3) is 22.3 Å². The van der Waals surface area contributed by atoms with Crippen molar-refractivity contribution < 1.29 is 23.7 Å². The fourth-order valence-corrected chi connectivity index (χ4v) is 6.57. The van der Waals surface area contributed by atoms with E-state index in [1.165, 1.54) is 38.9 Å². The van der Waals surface area contributed by atoms with Gasteiger partial charge < -0.3 is 24.7 Å². The van der Waals surface area contributed by atoms with E-state index in [9.17, 15) is 4.79 Å². The molecule has 0 unspecified atom stereocenters. The molecule has 4 rings (SSSR count). The first-order chi connectivity index (χ1) is 22.0. The molecule has 1 aliphatic rings. The second kappa shape index (κ2) is 18.4. The zero-order chi connectivity index (χ0) is 31.9. The normalized spacial score (nSPS) is 13.1. The predicted molar refractivity (Wildman–Crippen MR) is 184 cm³/mol. The Hall–Kier alpha value is -2.81. The molecule has 0 atom stereocenters. The lowest BCUT2D eigenvalue weighted by atomic mass is 9.70. The zero-order valence-corrected chi connectivity index (χ0v) is 27.3. The van der Waals surface area contributed by atoms with Gasteiger partial charge in [-0.25, -0.2) is 0 Å². The number of ether oxygens (including phenoxy) is 4. The number of fused-ring (bicyclic) bond motifs is 3. The van der Waals surface area contributed by atoms with Crippen LogP contribution in [0.5, 0.6) is 0 Å². The van der Waals surface area contributed by atoms with E-state index in [0.29, 0.717) is 64.8 Å². The molecular formula is C38H50BNO5. The monoisotopic (exact) mass is 611 g/mol. The minimum Gasteiger partial charge on any atom is -0.382 e. The van der Waals surface area contributed by atoms with Gasteiger partial charge in [0.05, 0.1) is 26.4 Å². The third-order valence-corrected chi connectivity index (χ3v) is 8.90. The Bertz CT molecular complexity index is 1330. The molecule has 45 heavy (non-hydrogen) atoms. The van der Waals surface area contributed by atoms with Gasteiger partial charge in [0.25, 0.3) is 0 Å². The topological polar surface area (TPSA) is 80.0 Å². The SMILES string of the molecule is [B]c1ccc2c(c1)C(CCCOCCOC)(CCCOCCOC)c1cc(-c3ccc(CCCC(=O)CCCN)cc3)ccc1-2. The van der Waals surface area contributed by atoms with E-state index in [1.807, 2.05) is 6.07 Å². The summed E-state index contributed by atoms with van der Waals surface area (Å²) >= 11 is 0. The highest BCUT2D eigenvalue weighted by molar-refractivity contribution is 6.32. The van der Waals surface area contributed by atoms with Crippen molar-refractivity contribution in [2.75, 3.05) is 60.4 Å². The summed E-state index contributed by atoms with van der Waals surface area (Å²) in [5.41, 5.74) is 15.0. The zero-order valence-electron chi connectivity index (χ0n) is 27.3. The van der Waals surface area contributed by atoms with Crippen molar-refractivity contribution in [2.45, 2.75) is 63.2 Å². The molecule has 0 spiro atoms. The molecule has 6 nitrogen and oxygen atoms in total. The quantitative estimate of drug-likeness (QED) is 0.112. The molecule has 0 saturated heterocycles. The van der Waals surface area contributed by atoms with Gasteiger partial charge in [0.15, 0.2) is 0 Å². The Morgan fingerprint density at radius 1 is 0.689 bits per heavy atom. The summed E-state index contributed by atoms with van der Waals surface area (Å²) in [6.45, 7) is 4.33. The van der Waals surface area contributed by atoms with E-state index in [4.69, 9.17) is 32.5 Å². The molecule has 1 aliphatic carbocycles. The largest absolute Gasteiger partial charge is 0.382 e. The van der Waals surface area contributed by atoms with Crippen molar-refractivity contribution in [3.8, 4) is 22.3 Å². The van der Waals surface area contributed by atoms with Crippen LogP contribution in [0.2, 0.25) is 0 Å². The number of nitrogens with two attached hydrogens (primary N) is 1. The number of carbonyl (C=O) groups excluding carboxylic acids is 1. The number of carbonyl (C=O) groups is 1. The summed E-state index contributed by atoms with van der Waals surface area (Å²) in [5, 5.41) is 0. The van der Waals surface area contributed by atoms with Crippen molar-refractivity contribution in [3.63, 3.8) is 0 Å². The first kappa shape index (κ1) is 35.1. The van der Waals surface area contributed by atoms with E-state index in [0.717, 1.165) is 50.4 Å². The minimum absolute atomic E-state index is 0.193. The van der Waals surface area contributed by atoms with Crippen molar-refractivity contribution in [2.24, 2.45) is 5.73 Å². The fourth-order valence-electron chi connectivity index (χ4n) is 6.57. The maximum absolute atomic E-state index is 12.0. The molecule has 2 radical (unpaired) electrons. The number of aryl methyl sites for hydroxylation is 1. The highest BCUT2D eigenvalue weighted by atomic mass is 16.5. The molecule has 2 N–H and O–H groups in total. The Labute approximate surface area is 271 Å². The number of ketones is 1. The fraction of sp³-hybridized carbons (Fsp3) is 0.500. The number of Topliss-reactive ketones (excluding diaryl/α,β-unsaturated/α-hetero) is 1. The van der Waals surface area contributed by atoms with Crippen LogP contribution in [0.4, 0.5) is 0 Å². The second-order valence-corrected chi connectivity index (χ2v) is 12.0. The lowest BCUT2D eigenvalue weighted by molar-refractivity contribution is -0.119. The standard InChI is InChI=1S/C38H50BNO5/c1-42-23-25-44-21-5-18-38(19-6-22-45-26-24-43-2)36-27-31(14-16-34(36)35-17-15-32(39)28-37(35)38)30-12-10-29(11-13-30)7-3-8-33(41)9-4-20-40/h10-17,27-28H,3-9,18-26,40H2,1-2H3. The van der Waals surface area contributed by atoms with Crippen LogP contribution in [0.1, 0.15) is 68.1 Å². The first-order valence-electron chi connectivity index (χ1n) is 16.5. The number of hydrogen-bond donors (Lipinski definition) is 1. The van der Waals surface area contributed by atoms with Crippen molar-refractivity contribution in [1.29, 1.82) is 0 Å². The maximum Gasteiger partial charge on any atom is 0.132 e. The van der Waals surface area contributed by atoms with Crippen LogP contribution in [0.3, 0.4) is 0 Å². The Morgan fingerprint density at radius 3 is 1.89 bits per heavy atom. The van der Waals surface area contributed by atoms with E-state index in [2.05, 4.69) is 54.6 Å². The smallest absolute Gasteiger partial charge is 0.132 e. The van der Waals surface area contributed by atoms with Crippen molar-refractivity contribution >= 4 is 19.1 Å². The average molecular weight is 612 g/mol. The Morgan fingerprint density at radius 2 is 1.27 bits per heavy atom. The third-order valence-electron chi connectivity index (χ3n) is 8.90. The molecule has 0 heterocycles. The van der Waals surface area contributed by atoms with E-state index in [1.54, 1.807) is 14.2 Å². The van der Waals surface area contributed by atoms with Gasteiger partial charge in [-0.1, -0.05) is 60.1 Å². The van der Waals surface area contributed by atoms with Crippen molar-refractivity contribution in [3.05, 3.63) is 77.4 Å². The Kier molecular flexibility index (Phi) is 14.3. The predicted octanol–water partition coefficient (Wildman–Crippen LogP) is 5.93. The third kappa shape index (κ3) is 9.60. The number of methoxy groups -OCH3 is 2. The molecule has 240 valence electrons. The van der Waals surface area contributed by atoms with E-state index < -0.39 is 0 Å². The van der Waals surface area contributed by atoms with Crippen LogP contribution in [0, 0.1) is 0 Å². The van der Waals surface area contributed by atoms with Crippen molar-refractivity contribution in [1.82, 2.24) is 0 Å². The summed E-state index contributed by atoms with van der Waals surface area (Å²) in [4.78, 5) is 12.0. The highest BCUT2D eigenvalue weighted by Gasteiger charge is 2.42. The van der Waals surface area contributed by atoms with Gasteiger partial charge in [-0.3, -0.25) is 4.79 Å². The number of hydrogen-bond acceptors (Lipinski definition) is 6. The summed E-state index contributed by atoms with van der Waals surface area (Å²) in [6.07, 6.45) is 7.51. The molecule has 7 heteroatoms. The Balaban J connectivity index is 1.58. The number of rotatable bonds is 22. The van der Waals surface area contributed by atoms with Crippen LogP contribution in [-0.2, 0) is 35.6 Å². The van der Waals surface area contributed by atoms with Gasteiger partial charge in [-0.2, -0.15) is 0 Å². The van der Waals surface area contributed by atoms with Gasteiger partial charge in [0, 0.05) is 45.7 Å². The minimum atomic E-state index is -0.193. The van der Waals surface area contributed by atoms with Crippen LogP contribution >= 0.6 is 0 Å². The summed E-state index contributed by atoms with van der Waals surface area (Å²) in [6, 6.07) is 22.1. The highest BCUT2D eigenvalue weighted by Crippen LogP contribution is 2.54. The van der Waals surface area contributed by atoms with Gasteiger partial charge >= 0.3 is 0 Å². The van der Waals surface area contributed by atoms with Gasteiger partial charge in [0.1, 0.15) is 13.6 Å². The van der Waals surface area contributed by atoms with Crippen LogP contribution in [-0.4, -0.2) is 74.0 Å². The summed E-state index contributed by atoms with van der Waals surface area (Å²) < 4.78 is 22.1. The molecular weight excluding hydrogens is 561 g/mol. The molecule has 0 aliphatic heterocycles. The van der Waals surface area contributed by atoms with E-state index in [-0.39, 0.29) is 5.41 Å². The van der Waals surface area contributed by atoms with Crippen LogP contribution < -0.4 is 11.2 Å². The van der Waals surface area contributed by atoms with Crippen LogP contribution in [0.15, 0.2) is 60.7 Å². The molecule has 0 fully saturated rings. The molecule has 0 saturated carbocycles. The summed E-state index contributed by atoms with van der Waals surface area (Å²) in [7, 11) is 9.81. The molecule has 3 aromatic rings. The average Bonchev–Trinajstić information content (AvgIpc) is 3.31. The van der Waals surface area contributed by atoms with Gasteiger partial charge in [-0.15, -0.1) is 0 Å². The molecule has 0 aromatic heterocycles. The van der Waals surface area contributed by atoms with E-state index >= 15 is 0 Å². The maximum atomic E-state index is 12.0. The second-order valence-electron chi connectivity index (χ2n) is 12.0. The molecule has 0 amide bonds.